The van der Waals surface area contributed by atoms with Crippen LogP contribution < -0.4 is 0 Å². The van der Waals surface area contributed by atoms with Gasteiger partial charge in [0, 0.05) is 9.79 Å². The first-order valence-electron chi connectivity index (χ1n) is 24.2. The Morgan fingerprint density at radius 2 is 0.778 bits per heavy atom. The first-order valence-corrected chi connectivity index (χ1v) is 36.7. The molecule has 15 heteroatoms. The summed E-state index contributed by atoms with van der Waals surface area (Å²) in [6, 6.07) is 12.9. The van der Waals surface area contributed by atoms with E-state index in [2.05, 4.69) is 147 Å². The van der Waals surface area contributed by atoms with Gasteiger partial charge in [0.1, 0.15) is 12.6 Å². The summed E-state index contributed by atoms with van der Waals surface area (Å²) >= 11 is -0.651. The molecule has 0 N–H and O–H groups in total. The van der Waals surface area contributed by atoms with Gasteiger partial charge in [0.25, 0.3) is 0 Å². The van der Waals surface area contributed by atoms with Gasteiger partial charge in [-0.3, -0.25) is 0 Å². The summed E-state index contributed by atoms with van der Waals surface area (Å²) in [6.07, 6.45) is 4.50. The zero-order valence-electron chi connectivity index (χ0n) is 47.4. The van der Waals surface area contributed by atoms with Gasteiger partial charge in [-0.25, -0.2) is 0 Å². The van der Waals surface area contributed by atoms with Crippen LogP contribution in [0.5, 0.6) is 0 Å². The fourth-order valence-corrected chi connectivity index (χ4v) is 10.1. The third-order valence-electron chi connectivity index (χ3n) is 10.3. The molecule has 0 spiro atoms. The van der Waals surface area contributed by atoms with Gasteiger partial charge in [-0.15, -0.1) is 11.7 Å². The summed E-state index contributed by atoms with van der Waals surface area (Å²) in [6.45, 7) is 44.2. The van der Waals surface area contributed by atoms with E-state index in [1.807, 2.05) is 70.1 Å². The van der Waals surface area contributed by atoms with Crippen LogP contribution in [0, 0.1) is 7.43 Å². The Labute approximate surface area is 478 Å². The average Bonchev–Trinajstić information content (AvgIpc) is 3.24. The van der Waals surface area contributed by atoms with E-state index in [1.54, 1.807) is 12.1 Å². The molecule has 1 unspecified atom stereocenters. The van der Waals surface area contributed by atoms with Crippen LogP contribution in [0.2, 0.25) is 0 Å². The molecule has 3 aromatic rings. The summed E-state index contributed by atoms with van der Waals surface area (Å²) in [5.74, 6) is 0. The molecule has 1 atom stereocenters. The molecule has 3 aromatic carbocycles. The molecule has 0 saturated heterocycles. The molecule has 0 radical (unpaired) electrons. The van der Waals surface area contributed by atoms with Crippen molar-refractivity contribution in [3.8, 4) is 0 Å². The molecule has 0 aliphatic rings. The van der Waals surface area contributed by atoms with Crippen LogP contribution in [0.15, 0.2) is 51.1 Å². The summed E-state index contributed by atoms with van der Waals surface area (Å²) in [5, 5.41) is 0. The van der Waals surface area contributed by atoms with Gasteiger partial charge in [0.15, 0.2) is 0 Å². The van der Waals surface area contributed by atoms with Crippen LogP contribution in [-0.4, -0.2) is 37.0 Å². The molecule has 0 fully saturated rings. The van der Waals surface area contributed by atoms with E-state index >= 15 is 0 Å². The summed E-state index contributed by atoms with van der Waals surface area (Å²) in [7, 11) is 4.42. The maximum absolute atomic E-state index is 13.8. The van der Waals surface area contributed by atoms with Crippen LogP contribution in [0.4, 0.5) is 11.7 Å². The number of hydrogen-bond acceptors (Lipinski definition) is 8. The van der Waals surface area contributed by atoms with Crippen molar-refractivity contribution >= 4 is 85.3 Å². The number of ether oxygens (including phenoxy) is 4. The predicted molar refractivity (Wildman–Crippen MR) is 324 cm³/mol. The number of aryl methyl sites for hydroxylation is 2. The Hall–Kier alpha value is -0.276. The van der Waals surface area contributed by atoms with E-state index < -0.39 is 16.1 Å². The SMILES string of the molecule is C.CC=O.CC=O.CCC(C)OCc1cc(C(C)(C)C)cc(COC(C)C)c1S(F)(F)F.CCc1cc(C(C)(C)C)cc(CC)c1SSc1c(COC(C)C)cc(C(C)(C)C)cc1COC(C)C.[CH3-].[I][V][I]. The molecular formula is C57H96F3I2O6S3V-. The first-order chi connectivity index (χ1) is 32.3. The Balaban J connectivity index is -0.000000560. The molecule has 72 heavy (non-hydrogen) atoms. The molecule has 0 aliphatic heterocycles. The van der Waals surface area contributed by atoms with E-state index in [0.29, 0.717) is 22.7 Å². The molecule has 0 bridgehead atoms. The molecule has 419 valence electrons. The average molecular weight is 1340 g/mol. The van der Waals surface area contributed by atoms with Crippen molar-refractivity contribution in [3.63, 3.8) is 0 Å². The molecular weight excluding hydrogens is 1240 g/mol. The van der Waals surface area contributed by atoms with Crippen molar-refractivity contribution in [2.75, 3.05) is 0 Å². The topological polar surface area (TPSA) is 71.1 Å². The molecule has 0 amide bonds. The summed E-state index contributed by atoms with van der Waals surface area (Å²) in [5.41, 5.74) is 9.43. The van der Waals surface area contributed by atoms with Crippen molar-refractivity contribution in [2.24, 2.45) is 0 Å². The molecule has 0 aliphatic carbocycles. The van der Waals surface area contributed by atoms with Crippen LogP contribution in [-0.2, 0) is 93.5 Å². The third kappa shape index (κ3) is 31.2. The van der Waals surface area contributed by atoms with Gasteiger partial charge in [0.2, 0.25) is 11.2 Å². The van der Waals surface area contributed by atoms with E-state index in [0.717, 1.165) is 37.4 Å². The number of benzene rings is 3. The van der Waals surface area contributed by atoms with E-state index in [-0.39, 0.29) is 79.9 Å². The molecule has 6 nitrogen and oxygen atoms in total. The van der Waals surface area contributed by atoms with Gasteiger partial charge in [-0.05, 0) is 148 Å². The van der Waals surface area contributed by atoms with Gasteiger partial charge < -0.3 is 36.0 Å². The third-order valence-corrected chi connectivity index (χ3v) is 14.0. The molecule has 0 aromatic heterocycles. The fraction of sp³-hybridized carbons (Fsp3) is 0.632. The number of rotatable bonds is 19. The van der Waals surface area contributed by atoms with Crippen LogP contribution >= 0.6 is 72.7 Å². The molecule has 0 heterocycles. The second-order valence-corrected chi connectivity index (χ2v) is 35.7. The van der Waals surface area contributed by atoms with Crippen molar-refractivity contribution in [2.45, 2.75) is 254 Å². The quantitative estimate of drug-likeness (QED) is 0.0509. The standard InChI is InChI=1S/C32H50O2S2.C19H31F3O2S.2C2H4O.CH4.CH3.2HI.V/c1-13-23-15-27(31(7,8)9)16-24(14-2)29(23)35-36-30-25(19-33-21(3)4)17-28(32(10,11)12)18-26(30)20-34-22(5)6;1-8-14(4)24-12-16-10-17(19(5,6)7)9-15(11-23-13(2)3)18(16)25(20,21)22;2*1-2-3;;;;;/h15-18,21-22H,13-14,19-20H2,1-12H3;9-10,13-14H,8,11-12H2,1-7H3;2*2H,1H3;1H4;1H3;2*1H;/q;;;;;-1;;;+2/p-2. The predicted octanol–water partition coefficient (Wildman–Crippen LogP) is 20.4. The monoisotopic (exact) mass is 1330 g/mol. The number of aldehydes is 2. The number of carbonyl (C=O) groups excluding carboxylic acids is 2. The fourth-order valence-electron chi connectivity index (χ4n) is 6.23. The van der Waals surface area contributed by atoms with Gasteiger partial charge in [0.05, 0.1) is 55.7 Å². The van der Waals surface area contributed by atoms with Crippen molar-refractivity contribution in [1.29, 1.82) is 0 Å². The van der Waals surface area contributed by atoms with Gasteiger partial charge in [-0.1, -0.05) is 148 Å². The Kier molecular flexibility index (Phi) is 42.5. The van der Waals surface area contributed by atoms with Gasteiger partial charge >= 0.3 is 49.4 Å². The Morgan fingerprint density at radius 1 is 0.542 bits per heavy atom. The second-order valence-electron chi connectivity index (χ2n) is 20.5. The zero-order chi connectivity index (χ0) is 54.8. The number of hydrogen-bond donors (Lipinski definition) is 0. The minimum atomic E-state index is -5.39. The van der Waals surface area contributed by atoms with Crippen LogP contribution in [0.25, 0.3) is 0 Å². The molecule has 0 saturated carbocycles. The van der Waals surface area contributed by atoms with Crippen LogP contribution in [0.1, 0.15) is 209 Å². The molecule has 3 rings (SSSR count). The van der Waals surface area contributed by atoms with Gasteiger partial charge in [-0.2, -0.15) is 0 Å². The zero-order valence-corrected chi connectivity index (χ0v) is 55.6. The number of halogens is 5. The number of carbonyl (C=O) groups is 2. The van der Waals surface area contributed by atoms with Crippen molar-refractivity contribution in [1.82, 2.24) is 0 Å². The maximum atomic E-state index is 13.8. The Morgan fingerprint density at radius 3 is 1.01 bits per heavy atom. The Bertz CT molecular complexity index is 1900. The normalized spacial score (nSPS) is 12.1. The second kappa shape index (κ2) is 39.1. The van der Waals surface area contributed by atoms with E-state index in [1.165, 1.54) is 57.0 Å². The van der Waals surface area contributed by atoms with E-state index in [9.17, 15) is 11.7 Å². The summed E-state index contributed by atoms with van der Waals surface area (Å²) in [4.78, 5) is 19.8. The first kappa shape index (κ1) is 78.2. The van der Waals surface area contributed by atoms with E-state index in [4.69, 9.17) is 28.5 Å². The summed E-state index contributed by atoms with van der Waals surface area (Å²) < 4.78 is 65.0. The van der Waals surface area contributed by atoms with Crippen LogP contribution in [0.3, 0.4) is 0 Å². The van der Waals surface area contributed by atoms with Crippen molar-refractivity contribution in [3.05, 3.63) is 93.9 Å². The minimum absolute atomic E-state index is 0. The van der Waals surface area contributed by atoms with Crippen molar-refractivity contribution < 1.29 is 49.7 Å².